The lowest BCUT2D eigenvalue weighted by molar-refractivity contribution is 0.261. The van der Waals surface area contributed by atoms with E-state index in [-0.39, 0.29) is 30.0 Å². The number of benzene rings is 2. The van der Waals surface area contributed by atoms with E-state index in [9.17, 15) is 0 Å². The van der Waals surface area contributed by atoms with E-state index < -0.39 is 0 Å². The molecule has 5 nitrogen and oxygen atoms in total. The Morgan fingerprint density at radius 1 is 1.23 bits per heavy atom. The van der Waals surface area contributed by atoms with Crippen molar-refractivity contribution in [1.29, 1.82) is 5.26 Å². The van der Waals surface area contributed by atoms with Crippen LogP contribution in [0.3, 0.4) is 0 Å². The molecule has 0 saturated heterocycles. The van der Waals surface area contributed by atoms with Crippen LogP contribution in [0.15, 0.2) is 53.5 Å². The van der Waals surface area contributed by atoms with Crippen LogP contribution in [0.4, 0.5) is 0 Å². The number of aliphatic imine (C=N–C) groups is 1. The zero-order valence-corrected chi connectivity index (χ0v) is 17.1. The largest absolute Gasteiger partial charge is 0.493 e. The molecule has 2 N–H and O–H groups in total. The topological polar surface area (TPSA) is 69.4 Å². The Hall–Kier alpha value is -2.27. The second-order valence-corrected chi connectivity index (χ2v) is 5.88. The molecule has 0 amide bonds. The predicted octanol–water partition coefficient (Wildman–Crippen LogP) is 3.76. The number of nitriles is 1. The van der Waals surface area contributed by atoms with Gasteiger partial charge in [0.25, 0.3) is 0 Å². The van der Waals surface area contributed by atoms with Crippen LogP contribution in [0.25, 0.3) is 0 Å². The second-order valence-electron chi connectivity index (χ2n) is 5.88. The molecule has 0 fully saturated rings. The van der Waals surface area contributed by atoms with Crippen LogP contribution in [-0.2, 0) is 6.54 Å². The van der Waals surface area contributed by atoms with Crippen molar-refractivity contribution in [3.8, 4) is 11.8 Å². The number of nitrogens with zero attached hydrogens (tertiary/aromatic N) is 2. The number of ether oxygens (including phenoxy) is 1. The maximum Gasteiger partial charge on any atom is 0.192 e. The first kappa shape index (κ1) is 20.0. The number of rotatable bonds is 4. The molecule has 0 saturated carbocycles. The van der Waals surface area contributed by atoms with Gasteiger partial charge in [0.1, 0.15) is 5.75 Å². The van der Waals surface area contributed by atoms with E-state index in [4.69, 9.17) is 10.00 Å². The SMILES string of the molecule is CCNC(=NCc1ccc(C#N)cc1)NC1CCOc2ccccc21.I. The van der Waals surface area contributed by atoms with Gasteiger partial charge in [-0.15, -0.1) is 24.0 Å². The lowest BCUT2D eigenvalue weighted by Gasteiger charge is -2.28. The molecule has 1 aliphatic heterocycles. The van der Waals surface area contributed by atoms with Crippen LogP contribution in [0.5, 0.6) is 5.75 Å². The van der Waals surface area contributed by atoms with Crippen molar-refractivity contribution in [1.82, 2.24) is 10.6 Å². The number of hydrogen-bond acceptors (Lipinski definition) is 3. The van der Waals surface area contributed by atoms with Crippen LogP contribution in [0.1, 0.15) is 36.1 Å². The van der Waals surface area contributed by atoms with Crippen LogP contribution < -0.4 is 15.4 Å². The number of para-hydroxylation sites is 1. The Bertz CT molecular complexity index is 783. The Labute approximate surface area is 171 Å². The maximum atomic E-state index is 8.87. The van der Waals surface area contributed by atoms with Gasteiger partial charge in [0.15, 0.2) is 5.96 Å². The molecule has 0 spiro atoms. The van der Waals surface area contributed by atoms with Crippen molar-refractivity contribution in [2.24, 2.45) is 4.99 Å². The molecule has 1 atom stereocenters. The normalized spacial score (nSPS) is 15.7. The highest BCUT2D eigenvalue weighted by atomic mass is 127. The fourth-order valence-electron chi connectivity index (χ4n) is 2.83. The van der Waals surface area contributed by atoms with Crippen LogP contribution in [0, 0.1) is 11.3 Å². The van der Waals surface area contributed by atoms with Gasteiger partial charge in [-0.3, -0.25) is 0 Å². The van der Waals surface area contributed by atoms with Crippen molar-refractivity contribution in [2.45, 2.75) is 25.9 Å². The Kier molecular flexibility index (Phi) is 7.73. The van der Waals surface area contributed by atoms with Crippen LogP contribution >= 0.6 is 24.0 Å². The van der Waals surface area contributed by atoms with Gasteiger partial charge in [-0.05, 0) is 30.7 Å². The van der Waals surface area contributed by atoms with E-state index in [0.717, 1.165) is 35.8 Å². The minimum atomic E-state index is 0. The fourth-order valence-corrected chi connectivity index (χ4v) is 2.83. The van der Waals surface area contributed by atoms with E-state index in [1.807, 2.05) is 42.5 Å². The summed E-state index contributed by atoms with van der Waals surface area (Å²) in [6, 6.07) is 18.0. The molecule has 1 heterocycles. The minimum absolute atomic E-state index is 0. The first-order valence-corrected chi connectivity index (χ1v) is 8.55. The molecule has 2 aromatic rings. The molecule has 6 heteroatoms. The van der Waals surface area contributed by atoms with Crippen molar-refractivity contribution >= 4 is 29.9 Å². The quantitative estimate of drug-likeness (QED) is 0.413. The van der Waals surface area contributed by atoms with Crippen molar-refractivity contribution in [3.63, 3.8) is 0 Å². The molecule has 0 bridgehead atoms. The first-order chi connectivity index (χ1) is 12.3. The molecule has 0 aliphatic carbocycles. The lowest BCUT2D eigenvalue weighted by Crippen LogP contribution is -2.41. The molecule has 1 aliphatic rings. The summed E-state index contributed by atoms with van der Waals surface area (Å²) in [5.74, 6) is 1.72. The number of guanidine groups is 1. The Morgan fingerprint density at radius 2 is 2.00 bits per heavy atom. The molecule has 3 rings (SSSR count). The average Bonchev–Trinajstić information content (AvgIpc) is 2.67. The summed E-state index contributed by atoms with van der Waals surface area (Å²) in [6.45, 7) is 4.11. The number of fused-ring (bicyclic) bond motifs is 1. The highest BCUT2D eigenvalue weighted by Crippen LogP contribution is 2.31. The molecular weight excluding hydrogens is 439 g/mol. The van der Waals surface area contributed by atoms with E-state index in [1.165, 1.54) is 0 Å². The van der Waals surface area contributed by atoms with Gasteiger partial charge in [-0.2, -0.15) is 5.26 Å². The standard InChI is InChI=1S/C20H22N4O.HI/c1-2-22-20(23-14-16-9-7-15(13-21)8-10-16)24-18-11-12-25-19-6-4-3-5-17(18)19;/h3-10,18H,2,11-12,14H2,1H3,(H2,22,23,24);1H. The van der Waals surface area contributed by atoms with E-state index >= 15 is 0 Å². The van der Waals surface area contributed by atoms with E-state index in [0.29, 0.717) is 18.7 Å². The van der Waals surface area contributed by atoms with Gasteiger partial charge in [0, 0.05) is 18.5 Å². The zero-order chi connectivity index (χ0) is 17.5. The third kappa shape index (κ3) is 5.11. The summed E-state index contributed by atoms with van der Waals surface area (Å²) in [4.78, 5) is 4.68. The number of hydrogen-bond donors (Lipinski definition) is 2. The van der Waals surface area contributed by atoms with Crippen molar-refractivity contribution in [2.75, 3.05) is 13.2 Å². The van der Waals surface area contributed by atoms with Crippen LogP contribution in [0.2, 0.25) is 0 Å². The summed E-state index contributed by atoms with van der Waals surface area (Å²) in [7, 11) is 0. The molecule has 26 heavy (non-hydrogen) atoms. The Morgan fingerprint density at radius 3 is 2.73 bits per heavy atom. The first-order valence-electron chi connectivity index (χ1n) is 8.55. The molecule has 0 aromatic heterocycles. The van der Waals surface area contributed by atoms with E-state index in [1.54, 1.807) is 0 Å². The Balaban J connectivity index is 0.00000243. The lowest BCUT2D eigenvalue weighted by atomic mass is 10.0. The molecular formula is C20H23IN4O. The summed E-state index contributed by atoms with van der Waals surface area (Å²) in [6.07, 6.45) is 0.901. The van der Waals surface area contributed by atoms with E-state index in [2.05, 4.69) is 34.7 Å². The van der Waals surface area contributed by atoms with Gasteiger partial charge < -0.3 is 15.4 Å². The fraction of sp³-hybridized carbons (Fsp3) is 0.300. The molecule has 0 radical (unpaired) electrons. The van der Waals surface area contributed by atoms with Crippen molar-refractivity contribution < 1.29 is 4.74 Å². The van der Waals surface area contributed by atoms with Gasteiger partial charge in [0.05, 0.1) is 30.8 Å². The van der Waals surface area contributed by atoms with Gasteiger partial charge in [-0.25, -0.2) is 4.99 Å². The van der Waals surface area contributed by atoms with Gasteiger partial charge in [-0.1, -0.05) is 30.3 Å². The average molecular weight is 462 g/mol. The number of halogens is 1. The monoisotopic (exact) mass is 462 g/mol. The highest BCUT2D eigenvalue weighted by Gasteiger charge is 2.21. The number of nitrogens with one attached hydrogen (secondary N) is 2. The summed E-state index contributed by atoms with van der Waals surface area (Å²) < 4.78 is 5.72. The smallest absolute Gasteiger partial charge is 0.192 e. The van der Waals surface area contributed by atoms with Gasteiger partial charge >= 0.3 is 0 Å². The highest BCUT2D eigenvalue weighted by molar-refractivity contribution is 14.0. The molecule has 2 aromatic carbocycles. The summed E-state index contributed by atoms with van der Waals surface area (Å²) in [5.41, 5.74) is 2.90. The maximum absolute atomic E-state index is 8.87. The minimum Gasteiger partial charge on any atom is -0.493 e. The molecule has 136 valence electrons. The summed E-state index contributed by atoms with van der Waals surface area (Å²) >= 11 is 0. The van der Waals surface area contributed by atoms with Crippen LogP contribution in [-0.4, -0.2) is 19.1 Å². The van der Waals surface area contributed by atoms with Crippen molar-refractivity contribution in [3.05, 3.63) is 65.2 Å². The third-order valence-corrected chi connectivity index (χ3v) is 4.12. The predicted molar refractivity (Wildman–Crippen MR) is 114 cm³/mol. The third-order valence-electron chi connectivity index (χ3n) is 4.12. The molecule has 1 unspecified atom stereocenters. The summed E-state index contributed by atoms with van der Waals surface area (Å²) in [5, 5.41) is 15.7. The zero-order valence-electron chi connectivity index (χ0n) is 14.7. The second kappa shape index (κ2) is 10.0. The van der Waals surface area contributed by atoms with Gasteiger partial charge in [0.2, 0.25) is 0 Å².